The zero-order valence-corrected chi connectivity index (χ0v) is 13.8. The Morgan fingerprint density at radius 3 is 2.84 bits per heavy atom. The van der Waals surface area contributed by atoms with Crippen molar-refractivity contribution in [3.63, 3.8) is 0 Å². The Morgan fingerprint density at radius 2 is 2.00 bits per heavy atom. The SMILES string of the molecule is COc1ccc2c(c1)OC[C@H](c1nc(COc3ccccc3)no1)C2. The highest BCUT2D eigenvalue weighted by atomic mass is 16.5. The third-order valence-electron chi connectivity index (χ3n) is 4.12. The minimum Gasteiger partial charge on any atom is -0.497 e. The minimum atomic E-state index is 0.0406. The Kier molecular flexibility index (Phi) is 4.24. The molecule has 1 aliphatic heterocycles. The fourth-order valence-corrected chi connectivity index (χ4v) is 2.79. The van der Waals surface area contributed by atoms with Gasteiger partial charge in [0.2, 0.25) is 11.7 Å². The molecule has 0 saturated carbocycles. The summed E-state index contributed by atoms with van der Waals surface area (Å²) < 4.78 is 22.1. The van der Waals surface area contributed by atoms with Gasteiger partial charge in [0.15, 0.2) is 6.61 Å². The van der Waals surface area contributed by atoms with E-state index < -0.39 is 0 Å². The van der Waals surface area contributed by atoms with Gasteiger partial charge in [0.1, 0.15) is 23.9 Å². The molecule has 2 heterocycles. The number of benzene rings is 2. The van der Waals surface area contributed by atoms with E-state index in [0.717, 1.165) is 29.2 Å². The van der Waals surface area contributed by atoms with Crippen LogP contribution < -0.4 is 14.2 Å². The zero-order chi connectivity index (χ0) is 17.1. The van der Waals surface area contributed by atoms with E-state index in [1.807, 2.05) is 48.5 Å². The van der Waals surface area contributed by atoms with E-state index in [2.05, 4.69) is 10.1 Å². The summed E-state index contributed by atoms with van der Waals surface area (Å²) in [4.78, 5) is 4.45. The topological polar surface area (TPSA) is 66.6 Å². The Labute approximate surface area is 145 Å². The van der Waals surface area contributed by atoms with Crippen LogP contribution >= 0.6 is 0 Å². The molecule has 4 rings (SSSR count). The van der Waals surface area contributed by atoms with Crippen LogP contribution in [0.3, 0.4) is 0 Å². The third kappa shape index (κ3) is 3.42. The van der Waals surface area contributed by atoms with Crippen molar-refractivity contribution in [1.29, 1.82) is 0 Å². The van der Waals surface area contributed by atoms with Gasteiger partial charge < -0.3 is 18.7 Å². The largest absolute Gasteiger partial charge is 0.497 e. The normalized spacial score (nSPS) is 16.0. The van der Waals surface area contributed by atoms with E-state index in [1.165, 1.54) is 0 Å². The van der Waals surface area contributed by atoms with Crippen LogP contribution in [0.5, 0.6) is 17.2 Å². The molecular weight excluding hydrogens is 320 g/mol. The zero-order valence-electron chi connectivity index (χ0n) is 13.8. The molecule has 6 nitrogen and oxygen atoms in total. The number of hydrogen-bond acceptors (Lipinski definition) is 6. The van der Waals surface area contributed by atoms with Crippen molar-refractivity contribution in [2.45, 2.75) is 18.9 Å². The van der Waals surface area contributed by atoms with Gasteiger partial charge in [-0.25, -0.2) is 0 Å². The van der Waals surface area contributed by atoms with E-state index in [-0.39, 0.29) is 12.5 Å². The van der Waals surface area contributed by atoms with Crippen LogP contribution in [0.15, 0.2) is 53.1 Å². The number of aromatic nitrogens is 2. The standard InChI is InChI=1S/C19H18N2O4/c1-22-16-8-7-13-9-14(11-24-17(13)10-16)19-20-18(21-25-19)12-23-15-5-3-2-4-6-15/h2-8,10,14H,9,11-12H2,1H3/t14-/m1/s1. The van der Waals surface area contributed by atoms with Crippen LogP contribution in [-0.2, 0) is 13.0 Å². The molecule has 0 radical (unpaired) electrons. The minimum absolute atomic E-state index is 0.0406. The lowest BCUT2D eigenvalue weighted by Gasteiger charge is -2.23. The summed E-state index contributed by atoms with van der Waals surface area (Å²) in [7, 11) is 1.64. The molecule has 0 aliphatic carbocycles. The highest BCUT2D eigenvalue weighted by molar-refractivity contribution is 5.42. The molecule has 0 saturated heterocycles. The summed E-state index contributed by atoms with van der Waals surface area (Å²) in [5.74, 6) is 3.56. The number of fused-ring (bicyclic) bond motifs is 1. The van der Waals surface area contributed by atoms with Gasteiger partial charge in [-0.1, -0.05) is 29.4 Å². The molecule has 0 fully saturated rings. The van der Waals surface area contributed by atoms with Gasteiger partial charge in [0.25, 0.3) is 0 Å². The predicted molar refractivity (Wildman–Crippen MR) is 90.0 cm³/mol. The number of methoxy groups -OCH3 is 1. The van der Waals surface area contributed by atoms with Crippen molar-refractivity contribution in [1.82, 2.24) is 10.1 Å². The maximum Gasteiger partial charge on any atom is 0.233 e. The summed E-state index contributed by atoms with van der Waals surface area (Å²) >= 11 is 0. The average molecular weight is 338 g/mol. The Morgan fingerprint density at radius 1 is 1.12 bits per heavy atom. The summed E-state index contributed by atoms with van der Waals surface area (Å²) in [6, 6.07) is 15.4. The van der Waals surface area contributed by atoms with Gasteiger partial charge in [-0.15, -0.1) is 0 Å². The second kappa shape index (κ2) is 6.84. The number of ether oxygens (including phenoxy) is 3. The van der Waals surface area contributed by atoms with Gasteiger partial charge in [0, 0.05) is 6.07 Å². The van der Waals surface area contributed by atoms with Crippen LogP contribution in [0, 0.1) is 0 Å². The van der Waals surface area contributed by atoms with Crippen molar-refractivity contribution in [3.05, 3.63) is 65.8 Å². The monoisotopic (exact) mass is 338 g/mol. The third-order valence-corrected chi connectivity index (χ3v) is 4.12. The fourth-order valence-electron chi connectivity index (χ4n) is 2.79. The predicted octanol–water partition coefficient (Wildman–Crippen LogP) is 3.38. The number of hydrogen-bond donors (Lipinski definition) is 0. The summed E-state index contributed by atoms with van der Waals surface area (Å²) in [6.45, 7) is 0.774. The van der Waals surface area contributed by atoms with Gasteiger partial charge in [-0.2, -0.15) is 4.98 Å². The molecule has 0 unspecified atom stereocenters. The fraction of sp³-hybridized carbons (Fsp3) is 0.263. The van der Waals surface area contributed by atoms with Crippen molar-refractivity contribution in [2.75, 3.05) is 13.7 Å². The number of nitrogens with zero attached hydrogens (tertiary/aromatic N) is 2. The summed E-state index contributed by atoms with van der Waals surface area (Å²) in [5.41, 5.74) is 1.11. The van der Waals surface area contributed by atoms with Gasteiger partial charge in [-0.05, 0) is 30.2 Å². The molecule has 25 heavy (non-hydrogen) atoms. The van der Waals surface area contributed by atoms with Crippen LogP contribution in [0.1, 0.15) is 23.2 Å². The van der Waals surface area contributed by atoms with E-state index in [9.17, 15) is 0 Å². The Hall–Kier alpha value is -3.02. The highest BCUT2D eigenvalue weighted by Gasteiger charge is 2.26. The van der Waals surface area contributed by atoms with Crippen molar-refractivity contribution in [3.8, 4) is 17.2 Å². The van der Waals surface area contributed by atoms with Crippen molar-refractivity contribution >= 4 is 0 Å². The van der Waals surface area contributed by atoms with E-state index in [4.69, 9.17) is 18.7 Å². The maximum absolute atomic E-state index is 5.83. The van der Waals surface area contributed by atoms with E-state index in [0.29, 0.717) is 18.3 Å². The van der Waals surface area contributed by atoms with Crippen LogP contribution in [0.2, 0.25) is 0 Å². The molecule has 0 N–H and O–H groups in total. The lowest BCUT2D eigenvalue weighted by atomic mass is 9.96. The van der Waals surface area contributed by atoms with Crippen LogP contribution in [0.25, 0.3) is 0 Å². The highest BCUT2D eigenvalue weighted by Crippen LogP contribution is 2.34. The summed E-state index contributed by atoms with van der Waals surface area (Å²) in [6.07, 6.45) is 0.792. The smallest absolute Gasteiger partial charge is 0.233 e. The molecule has 2 aromatic carbocycles. The maximum atomic E-state index is 5.83. The summed E-state index contributed by atoms with van der Waals surface area (Å²) in [5, 5.41) is 4.00. The first-order valence-corrected chi connectivity index (χ1v) is 8.12. The molecule has 1 atom stereocenters. The first kappa shape index (κ1) is 15.5. The molecule has 1 aliphatic rings. The first-order chi connectivity index (χ1) is 12.3. The molecule has 0 spiro atoms. The first-order valence-electron chi connectivity index (χ1n) is 8.12. The van der Waals surface area contributed by atoms with Crippen LogP contribution in [0.4, 0.5) is 0 Å². The number of para-hydroxylation sites is 1. The lowest BCUT2D eigenvalue weighted by Crippen LogP contribution is -2.19. The Balaban J connectivity index is 1.42. The van der Waals surface area contributed by atoms with Gasteiger partial charge in [-0.3, -0.25) is 0 Å². The molecule has 1 aromatic heterocycles. The van der Waals surface area contributed by atoms with Crippen molar-refractivity contribution < 1.29 is 18.7 Å². The molecular formula is C19H18N2O4. The van der Waals surface area contributed by atoms with Crippen molar-refractivity contribution in [2.24, 2.45) is 0 Å². The second-order valence-electron chi connectivity index (χ2n) is 5.84. The molecule has 0 amide bonds. The van der Waals surface area contributed by atoms with Gasteiger partial charge in [0.05, 0.1) is 13.0 Å². The molecule has 3 aromatic rings. The molecule has 0 bridgehead atoms. The van der Waals surface area contributed by atoms with Gasteiger partial charge >= 0.3 is 0 Å². The average Bonchev–Trinajstić information content (AvgIpc) is 3.15. The lowest BCUT2D eigenvalue weighted by molar-refractivity contribution is 0.228. The van der Waals surface area contributed by atoms with E-state index >= 15 is 0 Å². The quantitative estimate of drug-likeness (QED) is 0.710. The number of rotatable bonds is 5. The molecule has 6 heteroatoms. The van der Waals surface area contributed by atoms with Crippen LogP contribution in [-0.4, -0.2) is 23.9 Å². The molecule has 128 valence electrons. The second-order valence-corrected chi connectivity index (χ2v) is 5.84. The Bertz CT molecular complexity index is 848. The van der Waals surface area contributed by atoms with E-state index in [1.54, 1.807) is 7.11 Å².